The molecule has 1 aliphatic heterocycles. The maximum atomic E-state index is 13.1. The summed E-state index contributed by atoms with van der Waals surface area (Å²) in [5.74, 6) is -0.224. The summed E-state index contributed by atoms with van der Waals surface area (Å²) >= 11 is 0. The zero-order valence-electron chi connectivity index (χ0n) is 13.0. The van der Waals surface area contributed by atoms with Crippen LogP contribution < -0.4 is 5.32 Å². The van der Waals surface area contributed by atoms with E-state index in [1.807, 2.05) is 0 Å². The molecule has 6 heteroatoms. The number of carbonyl (C=O) groups is 1. The first-order valence-corrected chi connectivity index (χ1v) is 8.21. The van der Waals surface area contributed by atoms with Crippen LogP contribution in [0.25, 0.3) is 0 Å². The van der Waals surface area contributed by atoms with Gasteiger partial charge in [0.25, 0.3) is 0 Å². The zero-order valence-corrected chi connectivity index (χ0v) is 13.0. The molecule has 3 rings (SSSR count). The fourth-order valence-corrected chi connectivity index (χ4v) is 3.94. The predicted molar refractivity (Wildman–Crippen MR) is 83.9 cm³/mol. The van der Waals surface area contributed by atoms with Gasteiger partial charge in [-0.25, -0.2) is 9.18 Å². The maximum absolute atomic E-state index is 13.1. The van der Waals surface area contributed by atoms with E-state index in [0.717, 1.165) is 24.9 Å². The Morgan fingerprint density at radius 3 is 2.61 bits per heavy atom. The second-order valence-corrected chi connectivity index (χ2v) is 6.54. The van der Waals surface area contributed by atoms with Gasteiger partial charge in [0.2, 0.25) is 0 Å². The van der Waals surface area contributed by atoms with Crippen molar-refractivity contribution in [2.24, 2.45) is 0 Å². The van der Waals surface area contributed by atoms with Crippen LogP contribution in [0.1, 0.15) is 37.2 Å². The molecule has 1 saturated heterocycles. The Morgan fingerprint density at radius 1 is 1.26 bits per heavy atom. The highest BCUT2D eigenvalue weighted by Crippen LogP contribution is 2.38. The molecular weight excluding hydrogens is 299 g/mol. The number of aliphatic hydroxyl groups is 1. The summed E-state index contributed by atoms with van der Waals surface area (Å²) in [7, 11) is 0. The monoisotopic (exact) mass is 322 g/mol. The van der Waals surface area contributed by atoms with Gasteiger partial charge >= 0.3 is 6.09 Å². The topological polar surface area (TPSA) is 72.8 Å². The van der Waals surface area contributed by atoms with Crippen LogP contribution in [0.3, 0.4) is 0 Å². The van der Waals surface area contributed by atoms with Crippen molar-refractivity contribution < 1.29 is 19.4 Å². The van der Waals surface area contributed by atoms with E-state index in [2.05, 4.69) is 5.32 Å². The first-order chi connectivity index (χ1) is 11.1. The van der Waals surface area contributed by atoms with Crippen molar-refractivity contribution >= 4 is 6.09 Å². The number of halogens is 1. The molecule has 1 amide bonds. The van der Waals surface area contributed by atoms with Gasteiger partial charge in [0, 0.05) is 12.6 Å². The van der Waals surface area contributed by atoms with E-state index in [4.69, 9.17) is 0 Å². The Labute approximate surface area is 135 Å². The van der Waals surface area contributed by atoms with E-state index < -0.39 is 18.2 Å². The molecule has 1 heterocycles. The molecule has 2 fully saturated rings. The van der Waals surface area contributed by atoms with E-state index in [-0.39, 0.29) is 17.8 Å². The molecule has 126 valence electrons. The van der Waals surface area contributed by atoms with Crippen LogP contribution in [0.15, 0.2) is 24.3 Å². The van der Waals surface area contributed by atoms with Crippen molar-refractivity contribution in [3.63, 3.8) is 0 Å². The minimum absolute atomic E-state index is 0.0639. The van der Waals surface area contributed by atoms with Crippen molar-refractivity contribution in [1.29, 1.82) is 0 Å². The third-order valence-electron chi connectivity index (χ3n) is 5.08. The van der Waals surface area contributed by atoms with Crippen LogP contribution in [0, 0.1) is 5.82 Å². The van der Waals surface area contributed by atoms with Crippen molar-refractivity contribution in [1.82, 2.24) is 10.2 Å². The molecule has 1 aromatic rings. The number of piperidine rings is 1. The van der Waals surface area contributed by atoms with Gasteiger partial charge in [0.15, 0.2) is 0 Å². The molecule has 23 heavy (non-hydrogen) atoms. The van der Waals surface area contributed by atoms with Gasteiger partial charge in [-0.3, -0.25) is 4.90 Å². The number of carboxylic acid groups (broad SMARTS) is 1. The van der Waals surface area contributed by atoms with Gasteiger partial charge in [-0.1, -0.05) is 12.1 Å². The highest BCUT2D eigenvalue weighted by atomic mass is 19.1. The van der Waals surface area contributed by atoms with Crippen molar-refractivity contribution in [2.45, 2.75) is 49.8 Å². The fourth-order valence-electron chi connectivity index (χ4n) is 3.94. The van der Waals surface area contributed by atoms with Gasteiger partial charge in [-0.15, -0.1) is 0 Å². The van der Waals surface area contributed by atoms with Crippen molar-refractivity contribution in [3.8, 4) is 0 Å². The van der Waals surface area contributed by atoms with Crippen LogP contribution >= 0.6 is 0 Å². The Morgan fingerprint density at radius 2 is 2.00 bits per heavy atom. The molecule has 0 bridgehead atoms. The van der Waals surface area contributed by atoms with E-state index in [1.54, 1.807) is 12.1 Å². The van der Waals surface area contributed by atoms with E-state index in [9.17, 15) is 19.4 Å². The lowest BCUT2D eigenvalue weighted by atomic mass is 9.97. The summed E-state index contributed by atoms with van der Waals surface area (Å²) in [6.07, 6.45) is 1.21. The minimum atomic E-state index is -0.970. The van der Waals surface area contributed by atoms with E-state index in [0.29, 0.717) is 19.4 Å². The normalized spacial score (nSPS) is 31.0. The van der Waals surface area contributed by atoms with Crippen LogP contribution in [-0.4, -0.2) is 52.5 Å². The summed E-state index contributed by atoms with van der Waals surface area (Å²) in [6.45, 7) is 1.55. The number of nitrogens with one attached hydrogen (secondary N) is 1. The molecule has 4 atom stereocenters. The number of nitrogens with zero attached hydrogens (tertiary/aromatic N) is 1. The predicted octanol–water partition coefficient (Wildman–Crippen LogP) is 2.16. The molecule has 3 N–H and O–H groups in total. The molecule has 1 aromatic carbocycles. The number of hydrogen-bond acceptors (Lipinski definition) is 3. The van der Waals surface area contributed by atoms with Gasteiger partial charge in [0.1, 0.15) is 5.82 Å². The smallest absolute Gasteiger partial charge is 0.407 e. The third kappa shape index (κ3) is 3.48. The second-order valence-electron chi connectivity index (χ2n) is 6.54. The summed E-state index contributed by atoms with van der Waals surface area (Å²) in [6, 6.07) is 5.79. The third-order valence-corrected chi connectivity index (χ3v) is 5.08. The van der Waals surface area contributed by atoms with Gasteiger partial charge in [-0.05, 0) is 55.8 Å². The van der Waals surface area contributed by atoms with E-state index in [1.165, 1.54) is 17.0 Å². The minimum Gasteiger partial charge on any atom is -0.465 e. The molecule has 3 unspecified atom stereocenters. The quantitative estimate of drug-likeness (QED) is 0.797. The Balaban J connectivity index is 1.75. The Hall–Kier alpha value is -1.66. The molecular formula is C17H23FN2O3. The van der Waals surface area contributed by atoms with Gasteiger partial charge in [-0.2, -0.15) is 0 Å². The lowest BCUT2D eigenvalue weighted by molar-refractivity contribution is 0.0373. The maximum Gasteiger partial charge on any atom is 0.407 e. The number of benzene rings is 1. The molecule has 2 aliphatic rings. The molecule has 1 saturated carbocycles. The van der Waals surface area contributed by atoms with Crippen LogP contribution in [0.4, 0.5) is 9.18 Å². The average Bonchev–Trinajstić information content (AvgIpc) is 2.91. The summed E-state index contributed by atoms with van der Waals surface area (Å²) in [4.78, 5) is 13.2. The Kier molecular flexibility index (Phi) is 4.82. The van der Waals surface area contributed by atoms with Crippen molar-refractivity contribution in [2.75, 3.05) is 13.1 Å². The summed E-state index contributed by atoms with van der Waals surface area (Å²) in [5.41, 5.74) is 0.958. The largest absolute Gasteiger partial charge is 0.465 e. The van der Waals surface area contributed by atoms with E-state index >= 15 is 0 Å². The standard InChI is InChI=1S/C17H23FN2O3/c18-13-5-3-11(4-6-13)12-8-15(16(21)9-12)20(17(22)23)14-2-1-7-19-10-14/h3-6,12,14-16,19,21H,1-2,7-10H2,(H,22,23)/t12?,14-,15?,16?/m1/s1. The van der Waals surface area contributed by atoms with Crippen LogP contribution in [0.5, 0.6) is 0 Å². The van der Waals surface area contributed by atoms with Gasteiger partial charge < -0.3 is 15.5 Å². The number of amides is 1. The molecule has 0 spiro atoms. The highest BCUT2D eigenvalue weighted by Gasteiger charge is 2.42. The first kappa shape index (κ1) is 16.2. The lowest BCUT2D eigenvalue weighted by Gasteiger charge is -2.38. The highest BCUT2D eigenvalue weighted by molar-refractivity contribution is 5.66. The summed E-state index contributed by atoms with van der Waals surface area (Å²) in [5, 5.41) is 23.3. The van der Waals surface area contributed by atoms with Crippen molar-refractivity contribution in [3.05, 3.63) is 35.6 Å². The first-order valence-electron chi connectivity index (χ1n) is 8.21. The molecule has 0 aromatic heterocycles. The van der Waals surface area contributed by atoms with Crippen LogP contribution in [-0.2, 0) is 0 Å². The zero-order chi connectivity index (χ0) is 16.4. The van der Waals surface area contributed by atoms with Crippen LogP contribution in [0.2, 0.25) is 0 Å². The molecule has 5 nitrogen and oxygen atoms in total. The average molecular weight is 322 g/mol. The second kappa shape index (κ2) is 6.84. The lowest BCUT2D eigenvalue weighted by Crippen LogP contribution is -2.54. The Bertz CT molecular complexity index is 545. The fraction of sp³-hybridized carbons (Fsp3) is 0.588. The van der Waals surface area contributed by atoms with Gasteiger partial charge in [0.05, 0.1) is 12.1 Å². The summed E-state index contributed by atoms with van der Waals surface area (Å²) < 4.78 is 13.1. The molecule has 1 aliphatic carbocycles. The number of rotatable bonds is 3. The molecule has 0 radical (unpaired) electrons. The SMILES string of the molecule is O=C(O)N(C1CC(c2ccc(F)cc2)CC1O)[C@@H]1CCCNC1. The number of hydrogen-bond donors (Lipinski definition) is 3. The number of aliphatic hydroxyl groups excluding tert-OH is 1.